The minimum absolute atomic E-state index is 0.365. The lowest BCUT2D eigenvalue weighted by molar-refractivity contribution is 0.112. The molecule has 0 bridgehead atoms. The van der Waals surface area contributed by atoms with Crippen LogP contribution in [0.15, 0.2) is 18.6 Å². The van der Waals surface area contributed by atoms with Gasteiger partial charge in [-0.15, -0.1) is 0 Å². The minimum atomic E-state index is 0.365. The summed E-state index contributed by atoms with van der Waals surface area (Å²) >= 11 is 0. The van der Waals surface area contributed by atoms with Gasteiger partial charge in [0.2, 0.25) is 0 Å². The van der Waals surface area contributed by atoms with Gasteiger partial charge in [-0.25, -0.2) is 14.6 Å². The van der Waals surface area contributed by atoms with Gasteiger partial charge in [0.05, 0.1) is 23.0 Å². The molecule has 0 N–H and O–H groups in total. The zero-order chi connectivity index (χ0) is 12.5. The fourth-order valence-corrected chi connectivity index (χ4v) is 1.74. The molecule has 0 radical (unpaired) electrons. The number of hydrogen-bond donors (Lipinski definition) is 0. The van der Waals surface area contributed by atoms with Crippen LogP contribution in [-0.2, 0) is 0 Å². The van der Waals surface area contributed by atoms with Crippen LogP contribution >= 0.6 is 0 Å². The van der Waals surface area contributed by atoms with Crippen molar-refractivity contribution in [3.63, 3.8) is 0 Å². The van der Waals surface area contributed by atoms with Crippen LogP contribution in [0.4, 0.5) is 0 Å². The van der Waals surface area contributed by atoms with Crippen molar-refractivity contribution in [1.82, 2.24) is 19.7 Å². The molecule has 2 aromatic rings. The van der Waals surface area contributed by atoms with Crippen LogP contribution in [-0.4, -0.2) is 26.0 Å². The van der Waals surface area contributed by atoms with Crippen LogP contribution < -0.4 is 0 Å². The van der Waals surface area contributed by atoms with Gasteiger partial charge in [0, 0.05) is 18.3 Å². The molecule has 0 spiro atoms. The van der Waals surface area contributed by atoms with Crippen molar-refractivity contribution in [3.8, 4) is 12.0 Å². The van der Waals surface area contributed by atoms with E-state index in [1.807, 2.05) is 0 Å². The van der Waals surface area contributed by atoms with Crippen molar-refractivity contribution < 1.29 is 4.79 Å². The fourth-order valence-electron chi connectivity index (χ4n) is 1.74. The summed E-state index contributed by atoms with van der Waals surface area (Å²) in [5, 5.41) is 13.4. The monoisotopic (exact) mass is 239 g/mol. The summed E-state index contributed by atoms with van der Waals surface area (Å²) in [5.74, 6) is 0.763. The van der Waals surface area contributed by atoms with Crippen molar-refractivity contribution in [2.24, 2.45) is 0 Å². The van der Waals surface area contributed by atoms with E-state index < -0.39 is 0 Å². The summed E-state index contributed by atoms with van der Waals surface area (Å²) in [7, 11) is 0. The van der Waals surface area contributed by atoms with Crippen molar-refractivity contribution in [3.05, 3.63) is 35.4 Å². The second-order valence-electron chi connectivity index (χ2n) is 4.19. The summed E-state index contributed by atoms with van der Waals surface area (Å²) in [5.41, 5.74) is 1.80. The first-order valence-electron chi connectivity index (χ1n) is 5.59. The smallest absolute Gasteiger partial charge is 0.250 e. The molecule has 0 aliphatic heterocycles. The highest BCUT2D eigenvalue weighted by Crippen LogP contribution is 2.40. The van der Waals surface area contributed by atoms with Crippen LogP contribution in [0.25, 0.3) is 5.95 Å². The maximum atomic E-state index is 10.5. The number of aromatic nitrogens is 4. The normalized spacial score (nSPS) is 14.2. The van der Waals surface area contributed by atoms with Gasteiger partial charge in [-0.2, -0.15) is 10.4 Å². The molecule has 1 aliphatic carbocycles. The largest absolute Gasteiger partial charge is 0.298 e. The number of nitriles is 1. The first-order valence-corrected chi connectivity index (χ1v) is 5.59. The van der Waals surface area contributed by atoms with Crippen LogP contribution in [0.1, 0.15) is 40.4 Å². The third-order valence-corrected chi connectivity index (χ3v) is 2.83. The molecule has 6 nitrogen and oxygen atoms in total. The Balaban J connectivity index is 2.00. The van der Waals surface area contributed by atoms with Crippen LogP contribution in [0, 0.1) is 11.3 Å². The van der Waals surface area contributed by atoms with Crippen molar-refractivity contribution >= 4 is 6.29 Å². The number of nitrogens with zero attached hydrogens (tertiary/aromatic N) is 5. The van der Waals surface area contributed by atoms with Gasteiger partial charge >= 0.3 is 0 Å². The van der Waals surface area contributed by atoms with E-state index in [2.05, 4.69) is 21.1 Å². The molecule has 0 atom stereocenters. The lowest BCUT2D eigenvalue weighted by atomic mass is 10.2. The molecule has 0 amide bonds. The summed E-state index contributed by atoms with van der Waals surface area (Å²) in [4.78, 5) is 18.6. The van der Waals surface area contributed by atoms with Gasteiger partial charge in [-0.1, -0.05) is 0 Å². The molecule has 1 fully saturated rings. The minimum Gasteiger partial charge on any atom is -0.298 e. The molecule has 18 heavy (non-hydrogen) atoms. The average molecular weight is 239 g/mol. The highest BCUT2D eigenvalue weighted by Gasteiger charge is 2.29. The molecule has 2 heterocycles. The molecule has 1 saturated carbocycles. The van der Waals surface area contributed by atoms with Gasteiger partial charge in [0.25, 0.3) is 5.95 Å². The first kappa shape index (κ1) is 10.6. The predicted octanol–water partition coefficient (Wildman–Crippen LogP) is 1.22. The molecule has 1 aliphatic rings. The summed E-state index contributed by atoms with van der Waals surface area (Å²) < 4.78 is 1.49. The Morgan fingerprint density at radius 1 is 1.39 bits per heavy atom. The van der Waals surface area contributed by atoms with Gasteiger partial charge in [0.15, 0.2) is 6.29 Å². The van der Waals surface area contributed by atoms with E-state index >= 15 is 0 Å². The number of carbonyl (C=O) groups is 1. The van der Waals surface area contributed by atoms with Gasteiger partial charge in [-0.3, -0.25) is 4.79 Å². The zero-order valence-corrected chi connectivity index (χ0v) is 9.45. The van der Waals surface area contributed by atoms with Crippen molar-refractivity contribution in [2.75, 3.05) is 0 Å². The number of aldehydes is 1. The van der Waals surface area contributed by atoms with E-state index in [0.717, 1.165) is 18.5 Å². The standard InChI is InChI=1S/C12H9N5O/c13-3-10-6-17(16-11(10)9-1-2-9)12-14-4-8(7-18)5-15-12/h4-7,9H,1-2H2. The molecule has 88 valence electrons. The van der Waals surface area contributed by atoms with E-state index in [-0.39, 0.29) is 0 Å². The van der Waals surface area contributed by atoms with Crippen molar-refractivity contribution in [2.45, 2.75) is 18.8 Å². The van der Waals surface area contributed by atoms with E-state index in [0.29, 0.717) is 29.3 Å². The van der Waals surface area contributed by atoms with Crippen molar-refractivity contribution in [1.29, 1.82) is 5.26 Å². The zero-order valence-electron chi connectivity index (χ0n) is 9.45. The molecule has 6 heteroatoms. The molecule has 3 rings (SSSR count). The SMILES string of the molecule is N#Cc1cn(-c2ncc(C=O)cn2)nc1C1CC1. The predicted molar refractivity (Wildman–Crippen MR) is 61.2 cm³/mol. The van der Waals surface area contributed by atoms with Gasteiger partial charge in [-0.05, 0) is 12.8 Å². The Bertz CT molecular complexity index is 633. The highest BCUT2D eigenvalue weighted by atomic mass is 16.1. The summed E-state index contributed by atoms with van der Waals surface area (Å²) in [6.45, 7) is 0. The Kier molecular flexibility index (Phi) is 2.38. The first-order chi connectivity index (χ1) is 8.81. The number of carbonyl (C=O) groups excluding carboxylic acids is 1. The number of hydrogen-bond acceptors (Lipinski definition) is 5. The van der Waals surface area contributed by atoms with Gasteiger partial charge < -0.3 is 0 Å². The molecular weight excluding hydrogens is 230 g/mol. The maximum absolute atomic E-state index is 10.5. The second kappa shape index (κ2) is 4.04. The van der Waals surface area contributed by atoms with E-state index in [9.17, 15) is 4.79 Å². The quantitative estimate of drug-likeness (QED) is 0.752. The lowest BCUT2D eigenvalue weighted by Gasteiger charge is -1.98. The van der Waals surface area contributed by atoms with Crippen LogP contribution in [0.2, 0.25) is 0 Å². The second-order valence-corrected chi connectivity index (χ2v) is 4.19. The lowest BCUT2D eigenvalue weighted by Crippen LogP contribution is -2.02. The topological polar surface area (TPSA) is 84.5 Å². The number of rotatable bonds is 3. The Hall–Kier alpha value is -2.55. The molecule has 0 aromatic carbocycles. The van der Waals surface area contributed by atoms with E-state index in [1.165, 1.54) is 17.1 Å². The van der Waals surface area contributed by atoms with Gasteiger partial charge in [0.1, 0.15) is 6.07 Å². The molecule has 0 unspecified atom stereocenters. The van der Waals surface area contributed by atoms with Crippen LogP contribution in [0.3, 0.4) is 0 Å². The third-order valence-electron chi connectivity index (χ3n) is 2.83. The van der Waals surface area contributed by atoms with E-state index in [4.69, 9.17) is 5.26 Å². The average Bonchev–Trinajstić information content (AvgIpc) is 3.18. The Morgan fingerprint density at radius 3 is 2.67 bits per heavy atom. The Morgan fingerprint density at radius 2 is 2.11 bits per heavy atom. The fraction of sp³-hybridized carbons (Fsp3) is 0.250. The Labute approximate surface area is 103 Å². The maximum Gasteiger partial charge on any atom is 0.250 e. The molecule has 0 saturated heterocycles. The van der Waals surface area contributed by atoms with E-state index in [1.54, 1.807) is 6.20 Å². The summed E-state index contributed by atoms with van der Waals surface area (Å²) in [6, 6.07) is 2.13. The molecule has 2 aromatic heterocycles. The third kappa shape index (κ3) is 1.76. The molecular formula is C12H9N5O. The van der Waals surface area contributed by atoms with Crippen LogP contribution in [0.5, 0.6) is 0 Å². The highest BCUT2D eigenvalue weighted by molar-refractivity contribution is 5.73. The summed E-state index contributed by atoms with van der Waals surface area (Å²) in [6.07, 6.45) is 7.33.